The standard InChI is InChI=1S/C16H23F2NO2S/c1-11-12(7-6-8-14(11)21-5)13-9-16(17,18)10-19(13)22(20)15(2,3)4/h6-8,13H,9-10H2,1-5H3/t13-,22?/m0/s1. The number of ether oxygens (including phenoxy) is 1. The largest absolute Gasteiger partial charge is 0.597 e. The number of hydrogen-bond donors (Lipinski definition) is 0. The van der Waals surface area contributed by atoms with Gasteiger partial charge < -0.3 is 9.29 Å². The van der Waals surface area contributed by atoms with Crippen molar-refractivity contribution in [3.63, 3.8) is 0 Å². The maximum absolute atomic E-state index is 14.0. The minimum atomic E-state index is -2.83. The number of methoxy groups -OCH3 is 1. The minimum absolute atomic E-state index is 0.317. The number of hydrogen-bond acceptors (Lipinski definition) is 3. The van der Waals surface area contributed by atoms with Crippen molar-refractivity contribution in [3.05, 3.63) is 29.3 Å². The summed E-state index contributed by atoms with van der Waals surface area (Å²) < 4.78 is 46.8. The first kappa shape index (κ1) is 17.5. The summed E-state index contributed by atoms with van der Waals surface area (Å²) in [6.45, 7) is 6.78. The van der Waals surface area contributed by atoms with Crippen LogP contribution in [0.5, 0.6) is 5.75 Å². The highest BCUT2D eigenvalue weighted by atomic mass is 32.2. The number of rotatable bonds is 3. The summed E-state index contributed by atoms with van der Waals surface area (Å²) in [7, 11) is 1.56. The lowest BCUT2D eigenvalue weighted by Gasteiger charge is -2.33. The molecule has 0 aliphatic carbocycles. The van der Waals surface area contributed by atoms with Gasteiger partial charge in [-0.15, -0.1) is 4.31 Å². The van der Waals surface area contributed by atoms with Gasteiger partial charge in [-0.05, 0) is 44.9 Å². The molecule has 2 atom stereocenters. The van der Waals surface area contributed by atoms with E-state index >= 15 is 0 Å². The molecule has 0 saturated carbocycles. The number of halogens is 2. The van der Waals surface area contributed by atoms with E-state index in [2.05, 4.69) is 0 Å². The lowest BCUT2D eigenvalue weighted by Crippen LogP contribution is -2.43. The molecular weight excluding hydrogens is 308 g/mol. The molecule has 0 bridgehead atoms. The van der Waals surface area contributed by atoms with Crippen LogP contribution in [0.1, 0.15) is 44.4 Å². The molecule has 6 heteroatoms. The average molecular weight is 331 g/mol. The van der Waals surface area contributed by atoms with Gasteiger partial charge in [0, 0.05) is 17.8 Å². The third kappa shape index (κ3) is 3.39. The second-order valence-electron chi connectivity index (χ2n) is 6.69. The Balaban J connectivity index is 2.43. The Labute approximate surface area is 134 Å². The third-order valence-corrected chi connectivity index (χ3v) is 5.73. The number of benzene rings is 1. The highest BCUT2D eigenvalue weighted by Crippen LogP contribution is 2.46. The number of nitrogens with zero attached hydrogens (tertiary/aromatic N) is 1. The Kier molecular flexibility index (Phi) is 4.76. The van der Waals surface area contributed by atoms with Crippen molar-refractivity contribution in [1.29, 1.82) is 0 Å². The van der Waals surface area contributed by atoms with Crippen LogP contribution in [0.25, 0.3) is 0 Å². The predicted molar refractivity (Wildman–Crippen MR) is 84.6 cm³/mol. The fourth-order valence-corrected chi connectivity index (χ4v) is 4.22. The van der Waals surface area contributed by atoms with Gasteiger partial charge in [0.1, 0.15) is 17.0 Å². The van der Waals surface area contributed by atoms with Gasteiger partial charge in [0.2, 0.25) is 0 Å². The molecule has 3 nitrogen and oxygen atoms in total. The molecule has 1 aliphatic heterocycles. The average Bonchev–Trinajstić information content (AvgIpc) is 2.72. The number of alkyl halides is 2. The zero-order valence-corrected chi connectivity index (χ0v) is 14.5. The van der Waals surface area contributed by atoms with E-state index in [0.29, 0.717) is 5.75 Å². The van der Waals surface area contributed by atoms with E-state index < -0.39 is 34.6 Å². The fraction of sp³-hybridized carbons (Fsp3) is 0.625. The topological polar surface area (TPSA) is 35.5 Å². The molecule has 1 unspecified atom stereocenters. The van der Waals surface area contributed by atoms with Crippen LogP contribution >= 0.6 is 0 Å². The maximum atomic E-state index is 14.0. The summed E-state index contributed by atoms with van der Waals surface area (Å²) in [5.41, 5.74) is 1.58. The molecule has 0 amide bonds. The molecule has 124 valence electrons. The van der Waals surface area contributed by atoms with Crippen LogP contribution in [0, 0.1) is 6.92 Å². The first-order valence-electron chi connectivity index (χ1n) is 7.27. The zero-order valence-electron chi connectivity index (χ0n) is 13.7. The van der Waals surface area contributed by atoms with Crippen LogP contribution in [0.3, 0.4) is 0 Å². The molecule has 2 rings (SSSR count). The van der Waals surface area contributed by atoms with Crippen LogP contribution in [0.2, 0.25) is 0 Å². The Hall–Kier alpha value is -0.850. The van der Waals surface area contributed by atoms with Gasteiger partial charge in [-0.2, -0.15) is 0 Å². The van der Waals surface area contributed by atoms with Crippen LogP contribution in [0.15, 0.2) is 18.2 Å². The van der Waals surface area contributed by atoms with Crippen molar-refractivity contribution in [2.75, 3.05) is 13.7 Å². The summed E-state index contributed by atoms with van der Waals surface area (Å²) in [6, 6.07) is 4.84. The van der Waals surface area contributed by atoms with Crippen LogP contribution in [0.4, 0.5) is 8.78 Å². The first-order valence-corrected chi connectivity index (χ1v) is 8.37. The summed E-state index contributed by atoms with van der Waals surface area (Å²) in [4.78, 5) is 0. The molecule has 22 heavy (non-hydrogen) atoms. The molecule has 1 fully saturated rings. The molecule has 1 heterocycles. The molecule has 0 aromatic heterocycles. The molecular formula is C16H23F2NO2S. The van der Waals surface area contributed by atoms with E-state index in [4.69, 9.17) is 4.74 Å². The van der Waals surface area contributed by atoms with Gasteiger partial charge in [-0.1, -0.05) is 12.1 Å². The van der Waals surface area contributed by atoms with Crippen molar-refractivity contribution in [2.24, 2.45) is 0 Å². The monoisotopic (exact) mass is 331 g/mol. The van der Waals surface area contributed by atoms with Gasteiger partial charge in [-0.3, -0.25) is 0 Å². The van der Waals surface area contributed by atoms with E-state index in [1.54, 1.807) is 40.0 Å². The van der Waals surface area contributed by atoms with Gasteiger partial charge in [0.15, 0.2) is 0 Å². The normalized spacial score (nSPS) is 23.5. The van der Waals surface area contributed by atoms with Crippen molar-refractivity contribution < 1.29 is 18.1 Å². The Bertz CT molecular complexity index is 545. The fourth-order valence-electron chi connectivity index (χ4n) is 2.79. The molecule has 0 spiro atoms. The van der Waals surface area contributed by atoms with E-state index in [1.165, 1.54) is 4.31 Å². The molecule has 1 aromatic carbocycles. The molecule has 1 saturated heterocycles. The second-order valence-corrected chi connectivity index (χ2v) is 8.88. The summed E-state index contributed by atoms with van der Waals surface area (Å²) in [5, 5.41) is 0. The summed E-state index contributed by atoms with van der Waals surface area (Å²) in [6.07, 6.45) is -0.317. The Morgan fingerprint density at radius 1 is 1.36 bits per heavy atom. The third-order valence-electron chi connectivity index (χ3n) is 3.87. The zero-order chi connectivity index (χ0) is 16.7. The minimum Gasteiger partial charge on any atom is -0.597 e. The van der Waals surface area contributed by atoms with Crippen LogP contribution < -0.4 is 4.74 Å². The Morgan fingerprint density at radius 3 is 2.55 bits per heavy atom. The molecule has 1 aliphatic rings. The highest BCUT2D eigenvalue weighted by Gasteiger charge is 2.53. The van der Waals surface area contributed by atoms with Gasteiger partial charge in [-0.25, -0.2) is 8.78 Å². The smallest absolute Gasteiger partial charge is 0.266 e. The molecule has 1 aromatic rings. The van der Waals surface area contributed by atoms with Crippen molar-refractivity contribution >= 4 is 11.4 Å². The molecule has 0 N–H and O–H groups in total. The van der Waals surface area contributed by atoms with Crippen molar-refractivity contribution in [1.82, 2.24) is 4.31 Å². The van der Waals surface area contributed by atoms with E-state index in [-0.39, 0.29) is 6.42 Å². The van der Waals surface area contributed by atoms with Crippen LogP contribution in [-0.4, -0.2) is 33.2 Å². The SMILES string of the molecule is COc1cccc([C@@H]2CC(F)(F)CN2[S+]([O-])C(C)(C)C)c1C. The van der Waals surface area contributed by atoms with Gasteiger partial charge in [0.25, 0.3) is 5.92 Å². The van der Waals surface area contributed by atoms with E-state index in [1.807, 2.05) is 13.0 Å². The lowest BCUT2D eigenvalue weighted by atomic mass is 9.98. The van der Waals surface area contributed by atoms with Crippen molar-refractivity contribution in [3.8, 4) is 5.75 Å². The molecule has 0 radical (unpaired) electrons. The van der Waals surface area contributed by atoms with E-state index in [0.717, 1.165) is 11.1 Å². The quantitative estimate of drug-likeness (QED) is 0.789. The van der Waals surface area contributed by atoms with Crippen LogP contribution in [-0.2, 0) is 11.4 Å². The predicted octanol–water partition coefficient (Wildman–Crippen LogP) is 3.85. The lowest BCUT2D eigenvalue weighted by molar-refractivity contribution is 0.0170. The summed E-state index contributed by atoms with van der Waals surface area (Å²) >= 11 is -1.49. The highest BCUT2D eigenvalue weighted by molar-refractivity contribution is 7.90. The van der Waals surface area contributed by atoms with Gasteiger partial charge >= 0.3 is 0 Å². The van der Waals surface area contributed by atoms with E-state index in [9.17, 15) is 13.3 Å². The first-order chi connectivity index (χ1) is 10.1. The van der Waals surface area contributed by atoms with Crippen molar-refractivity contribution in [2.45, 2.75) is 50.8 Å². The summed E-state index contributed by atoms with van der Waals surface area (Å²) in [5.74, 6) is -2.17. The maximum Gasteiger partial charge on any atom is 0.266 e. The second kappa shape index (κ2) is 5.98. The Morgan fingerprint density at radius 2 is 2.00 bits per heavy atom. The van der Waals surface area contributed by atoms with Gasteiger partial charge in [0.05, 0.1) is 13.2 Å².